The smallest absolute Gasteiger partial charge is 0.246 e. The van der Waals surface area contributed by atoms with Crippen LogP contribution in [0.3, 0.4) is 0 Å². The van der Waals surface area contributed by atoms with E-state index in [9.17, 15) is 4.79 Å². The van der Waals surface area contributed by atoms with Crippen LogP contribution in [0.25, 0.3) is 20.8 Å². The van der Waals surface area contributed by atoms with Crippen LogP contribution in [-0.2, 0) is 19.0 Å². The number of rotatable bonds is 10. The number of amides is 1. The molecule has 4 atom stereocenters. The van der Waals surface area contributed by atoms with Gasteiger partial charge in [0.05, 0.1) is 40.4 Å². The maximum Gasteiger partial charge on any atom is 0.246 e. The molecule has 1 aliphatic heterocycles. The number of aromatic nitrogens is 4. The van der Waals surface area contributed by atoms with Gasteiger partial charge in [0.2, 0.25) is 5.91 Å². The molecule has 10 nitrogen and oxygen atoms in total. The molecule has 39 heavy (non-hydrogen) atoms. The largest absolute Gasteiger partial charge is 0.370 e. The van der Waals surface area contributed by atoms with Crippen LogP contribution in [0.15, 0.2) is 17.4 Å². The van der Waals surface area contributed by atoms with Gasteiger partial charge >= 0.3 is 0 Å². The minimum atomic E-state index is -0.728. The first-order chi connectivity index (χ1) is 18.7. The number of fused-ring (bicyclic) bond motifs is 2. The minimum Gasteiger partial charge on any atom is -0.370 e. The fourth-order valence-electron chi connectivity index (χ4n) is 5.21. The number of aryl methyl sites for hydroxylation is 2. The zero-order chi connectivity index (χ0) is 27.7. The van der Waals surface area contributed by atoms with E-state index in [1.54, 1.807) is 17.5 Å². The van der Waals surface area contributed by atoms with E-state index in [4.69, 9.17) is 40.8 Å². The van der Waals surface area contributed by atoms with Gasteiger partial charge < -0.3 is 24.8 Å². The van der Waals surface area contributed by atoms with E-state index in [0.717, 1.165) is 38.6 Å². The van der Waals surface area contributed by atoms with Crippen LogP contribution in [0.5, 0.6) is 0 Å². The Balaban J connectivity index is 1.42. The molecule has 4 unspecified atom stereocenters. The molecule has 1 aliphatic carbocycles. The molecule has 210 valence electrons. The third-order valence-corrected chi connectivity index (χ3v) is 8.62. The van der Waals surface area contributed by atoms with Crippen molar-refractivity contribution in [2.24, 2.45) is 5.92 Å². The number of halogens is 1. The summed E-state index contributed by atoms with van der Waals surface area (Å²) in [7, 11) is 0. The maximum atomic E-state index is 12.3. The number of thiazole rings is 1. The fourth-order valence-corrected chi connectivity index (χ4v) is 6.84. The quantitative estimate of drug-likeness (QED) is 0.153. The van der Waals surface area contributed by atoms with Crippen molar-refractivity contribution in [1.82, 2.24) is 25.3 Å². The Hall–Kier alpha value is -2.09. The molecule has 3 aromatic rings. The lowest BCUT2D eigenvalue weighted by molar-refractivity contribution is -0.157. The van der Waals surface area contributed by atoms with Crippen LogP contribution < -0.4 is 10.6 Å². The highest BCUT2D eigenvalue weighted by Crippen LogP contribution is 2.44. The Bertz CT molecular complexity index is 1360. The number of nitrogens with one attached hydrogen (secondary N) is 2. The summed E-state index contributed by atoms with van der Waals surface area (Å²) in [6.07, 6.45) is 4.11. The second-order valence-corrected chi connectivity index (χ2v) is 12.3. The van der Waals surface area contributed by atoms with Crippen molar-refractivity contribution in [3.8, 4) is 10.6 Å². The molecule has 0 spiro atoms. The first kappa shape index (κ1) is 28.4. The molecule has 2 fully saturated rings. The lowest BCUT2D eigenvalue weighted by atomic mass is 10.1. The maximum absolute atomic E-state index is 12.3. The van der Waals surface area contributed by atoms with E-state index in [0.29, 0.717) is 30.0 Å². The van der Waals surface area contributed by atoms with Gasteiger partial charge in [-0.15, -0.1) is 22.9 Å². The second-order valence-electron chi connectivity index (χ2n) is 10.1. The normalized spacial score (nSPS) is 23.7. The van der Waals surface area contributed by atoms with Crippen molar-refractivity contribution in [3.05, 3.63) is 23.7 Å². The number of anilines is 1. The molecule has 0 bridgehead atoms. The first-order valence-corrected chi connectivity index (χ1v) is 15.4. The van der Waals surface area contributed by atoms with Gasteiger partial charge in [-0.1, -0.05) is 11.8 Å². The van der Waals surface area contributed by atoms with Crippen molar-refractivity contribution in [1.29, 1.82) is 0 Å². The summed E-state index contributed by atoms with van der Waals surface area (Å²) in [5, 5.41) is 8.18. The summed E-state index contributed by atoms with van der Waals surface area (Å²) in [4.78, 5) is 31.2. The Morgan fingerprint density at radius 3 is 2.77 bits per heavy atom. The molecule has 0 aromatic carbocycles. The number of hydrogen-bond acceptors (Lipinski definition) is 11. The third-order valence-electron chi connectivity index (χ3n) is 6.88. The predicted molar refractivity (Wildman–Crippen MR) is 154 cm³/mol. The summed E-state index contributed by atoms with van der Waals surface area (Å²) in [5.41, 5.74) is 3.49. The SMILES string of the molecule is CSc1nc(C)c(-c2nc3c(C)nccc3s2)c(NC2CC(CNC(=O)COCCCl)C3OC(C)(C)OC23)n1. The summed E-state index contributed by atoms with van der Waals surface area (Å²) in [6, 6.07) is 1.89. The topological polar surface area (TPSA) is 120 Å². The number of carbonyl (C=O) groups excluding carboxylic acids is 1. The number of ether oxygens (including phenoxy) is 3. The highest BCUT2D eigenvalue weighted by molar-refractivity contribution is 7.98. The van der Waals surface area contributed by atoms with Gasteiger partial charge in [-0.25, -0.2) is 15.0 Å². The van der Waals surface area contributed by atoms with E-state index in [2.05, 4.69) is 15.6 Å². The molecule has 0 radical (unpaired) electrons. The number of nitrogens with zero attached hydrogens (tertiary/aromatic N) is 4. The summed E-state index contributed by atoms with van der Waals surface area (Å²) in [6.45, 7) is 8.56. The molecule has 13 heteroatoms. The number of pyridine rings is 1. The van der Waals surface area contributed by atoms with Gasteiger partial charge in [0.1, 0.15) is 29.1 Å². The third kappa shape index (κ3) is 6.15. The zero-order valence-electron chi connectivity index (χ0n) is 22.6. The van der Waals surface area contributed by atoms with Crippen LogP contribution in [0.2, 0.25) is 0 Å². The predicted octanol–water partition coefficient (Wildman–Crippen LogP) is 4.18. The van der Waals surface area contributed by atoms with Gasteiger partial charge in [0, 0.05) is 24.5 Å². The standard InChI is InChI=1S/C26H33ClN6O4S2/c1-13-19(24-32-20-14(2)28-8-6-17(20)39-24)23(33-25(30-13)38-5)31-16-10-15(11-29-18(34)12-35-9-7-27)21-22(16)37-26(3,4)36-21/h6,8,15-16,21-22H,7,9-12H2,1-5H3,(H,29,34)(H,30,31,33). The highest BCUT2D eigenvalue weighted by Gasteiger charge is 2.54. The molecular weight excluding hydrogens is 560 g/mol. The van der Waals surface area contributed by atoms with Gasteiger partial charge in [-0.3, -0.25) is 9.78 Å². The Morgan fingerprint density at radius 2 is 2.03 bits per heavy atom. The van der Waals surface area contributed by atoms with E-state index in [1.165, 1.54) is 11.8 Å². The molecule has 1 saturated carbocycles. The Labute approximate surface area is 241 Å². The number of hydrogen-bond donors (Lipinski definition) is 2. The van der Waals surface area contributed by atoms with Crippen molar-refractivity contribution in [3.63, 3.8) is 0 Å². The second kappa shape index (κ2) is 11.8. The van der Waals surface area contributed by atoms with Crippen molar-refractivity contribution in [2.45, 2.75) is 63.3 Å². The van der Waals surface area contributed by atoms with Crippen molar-refractivity contribution in [2.75, 3.05) is 37.2 Å². The molecule has 1 amide bonds. The van der Waals surface area contributed by atoms with Crippen LogP contribution in [-0.4, -0.2) is 81.8 Å². The lowest BCUT2D eigenvalue weighted by Gasteiger charge is -2.25. The Kier molecular flexibility index (Phi) is 8.60. The first-order valence-electron chi connectivity index (χ1n) is 12.9. The average Bonchev–Trinajstić information content (AvgIpc) is 3.54. The van der Waals surface area contributed by atoms with E-state index < -0.39 is 5.79 Å². The van der Waals surface area contributed by atoms with Crippen LogP contribution in [0.4, 0.5) is 5.82 Å². The highest BCUT2D eigenvalue weighted by atomic mass is 35.5. The zero-order valence-corrected chi connectivity index (χ0v) is 25.0. The van der Waals surface area contributed by atoms with Crippen molar-refractivity contribution < 1.29 is 19.0 Å². The summed E-state index contributed by atoms with van der Waals surface area (Å²) in [5.74, 6) is 0.212. The minimum absolute atomic E-state index is 0.0176. The molecule has 5 rings (SSSR count). The summed E-state index contributed by atoms with van der Waals surface area (Å²) >= 11 is 8.73. The van der Waals surface area contributed by atoms with E-state index in [1.807, 2.05) is 40.0 Å². The molecule has 3 aromatic heterocycles. The molecule has 2 aliphatic rings. The molecule has 1 saturated heterocycles. The van der Waals surface area contributed by atoms with Gasteiger partial charge in [0.15, 0.2) is 10.9 Å². The van der Waals surface area contributed by atoms with Crippen molar-refractivity contribution >= 4 is 56.6 Å². The van der Waals surface area contributed by atoms with Gasteiger partial charge in [-0.05, 0) is 46.4 Å². The van der Waals surface area contributed by atoms with Crippen LogP contribution in [0, 0.1) is 19.8 Å². The van der Waals surface area contributed by atoms with Crippen LogP contribution >= 0.6 is 34.7 Å². The van der Waals surface area contributed by atoms with E-state index in [-0.39, 0.29) is 36.7 Å². The lowest BCUT2D eigenvalue weighted by Crippen LogP contribution is -2.37. The average molecular weight is 593 g/mol. The number of thioether (sulfide) groups is 1. The summed E-state index contributed by atoms with van der Waals surface area (Å²) < 4.78 is 19.0. The number of carbonyl (C=O) groups is 1. The molecular formula is C26H33ClN6O4S2. The van der Waals surface area contributed by atoms with Gasteiger partial charge in [-0.2, -0.15) is 0 Å². The number of alkyl halides is 1. The molecule has 4 heterocycles. The molecule has 2 N–H and O–H groups in total. The monoisotopic (exact) mass is 592 g/mol. The van der Waals surface area contributed by atoms with Gasteiger partial charge in [0.25, 0.3) is 0 Å². The van der Waals surface area contributed by atoms with E-state index >= 15 is 0 Å². The Morgan fingerprint density at radius 1 is 1.23 bits per heavy atom. The fraction of sp³-hybridized carbons (Fsp3) is 0.577. The van der Waals surface area contributed by atoms with Crippen LogP contribution in [0.1, 0.15) is 31.7 Å².